The van der Waals surface area contributed by atoms with Gasteiger partial charge in [-0.15, -0.1) is 0 Å². The number of aromatic nitrogens is 1. The first kappa shape index (κ1) is 16.3. The number of carbonyl (C=O) groups is 2. The lowest BCUT2D eigenvalue weighted by Gasteiger charge is -2.13. The lowest BCUT2D eigenvalue weighted by molar-refractivity contribution is 0.0943. The van der Waals surface area contributed by atoms with Gasteiger partial charge >= 0.3 is 6.09 Å². The molecule has 7 nitrogen and oxygen atoms in total. The van der Waals surface area contributed by atoms with E-state index in [2.05, 4.69) is 36.3 Å². The molecule has 9 heteroatoms. The maximum Gasteiger partial charge on any atom is 0.411 e. The number of anilines is 1. The second kappa shape index (κ2) is 7.15. The molecule has 0 aliphatic heterocycles. The highest BCUT2D eigenvalue weighted by atomic mass is 79.9. The van der Waals surface area contributed by atoms with Gasteiger partial charge in [0.2, 0.25) is 0 Å². The Labute approximate surface area is 129 Å². The van der Waals surface area contributed by atoms with Gasteiger partial charge in [-0.1, -0.05) is 0 Å². The highest BCUT2D eigenvalue weighted by Gasteiger charge is 2.16. The number of pyridine rings is 1. The van der Waals surface area contributed by atoms with Gasteiger partial charge < -0.3 is 21.1 Å². The van der Waals surface area contributed by atoms with Crippen molar-refractivity contribution >= 4 is 51.1 Å². The zero-order valence-corrected chi connectivity index (χ0v) is 13.2. The maximum atomic E-state index is 12.0. The van der Waals surface area contributed by atoms with Crippen molar-refractivity contribution in [3.63, 3.8) is 0 Å². The Kier molecular flexibility index (Phi) is 5.83. The minimum absolute atomic E-state index is 0.0387. The van der Waals surface area contributed by atoms with Crippen LogP contribution in [0.5, 0.6) is 0 Å². The van der Waals surface area contributed by atoms with Crippen LogP contribution in [0.15, 0.2) is 16.7 Å². The lowest BCUT2D eigenvalue weighted by atomic mass is 10.2. The maximum absolute atomic E-state index is 12.0. The van der Waals surface area contributed by atoms with Crippen molar-refractivity contribution in [1.82, 2.24) is 10.3 Å². The Morgan fingerprint density at radius 1 is 1.50 bits per heavy atom. The van der Waals surface area contributed by atoms with E-state index < -0.39 is 6.09 Å². The summed E-state index contributed by atoms with van der Waals surface area (Å²) in [4.78, 5) is 26.6. The van der Waals surface area contributed by atoms with Crippen LogP contribution in [0, 0.1) is 0 Å². The normalized spacial score (nSPS) is 10.0. The summed E-state index contributed by atoms with van der Waals surface area (Å²) in [6.45, 7) is 3.66. The average Bonchev–Trinajstić information content (AvgIpc) is 2.29. The number of nitrogens with one attached hydrogen (secondary N) is 2. The van der Waals surface area contributed by atoms with Gasteiger partial charge in [-0.05, 0) is 48.1 Å². The van der Waals surface area contributed by atoms with E-state index in [0.717, 1.165) is 0 Å². The number of ether oxygens (including phenoxy) is 1. The largest absolute Gasteiger partial charge is 0.411 e. The first-order valence-corrected chi connectivity index (χ1v) is 6.74. The van der Waals surface area contributed by atoms with Gasteiger partial charge in [0.1, 0.15) is 5.82 Å². The summed E-state index contributed by atoms with van der Waals surface area (Å²) in [7, 11) is 0. The van der Waals surface area contributed by atoms with Crippen LogP contribution in [0.25, 0.3) is 0 Å². The molecule has 1 rings (SSSR count). The molecule has 108 valence electrons. The summed E-state index contributed by atoms with van der Waals surface area (Å²) in [5, 5.41) is 4.98. The number of primary amides is 1. The molecule has 0 aliphatic carbocycles. The Balaban J connectivity index is 2.98. The lowest BCUT2D eigenvalue weighted by Crippen LogP contribution is -2.31. The summed E-state index contributed by atoms with van der Waals surface area (Å²) in [5.74, 6) is -0.171. The molecular weight excluding hydrogens is 348 g/mol. The van der Waals surface area contributed by atoms with E-state index in [9.17, 15) is 9.59 Å². The van der Waals surface area contributed by atoms with E-state index in [0.29, 0.717) is 4.47 Å². The van der Waals surface area contributed by atoms with Crippen LogP contribution in [0.3, 0.4) is 0 Å². The fraction of sp³-hybridized carbons (Fsp3) is 0.273. The van der Waals surface area contributed by atoms with Crippen molar-refractivity contribution in [3.8, 4) is 0 Å². The standard InChI is InChI=1S/C11H13BrN4O3S/c1-5(2)15-9(17)7-3-6(12)4-14-8(7)16-11(20)19-10(13)18/h3-5H,1-2H3,(H2,13,18)(H,15,17)(H,14,16,20). The van der Waals surface area contributed by atoms with Crippen LogP contribution in [0.4, 0.5) is 10.6 Å². The molecule has 1 heterocycles. The molecule has 1 aromatic rings. The van der Waals surface area contributed by atoms with Gasteiger partial charge in [0, 0.05) is 16.7 Å². The van der Waals surface area contributed by atoms with E-state index in [1.54, 1.807) is 6.07 Å². The molecular formula is C11H13BrN4O3S. The van der Waals surface area contributed by atoms with Gasteiger partial charge in [0.25, 0.3) is 11.1 Å². The van der Waals surface area contributed by atoms with Crippen molar-refractivity contribution in [2.75, 3.05) is 5.32 Å². The van der Waals surface area contributed by atoms with E-state index >= 15 is 0 Å². The monoisotopic (exact) mass is 360 g/mol. The topological polar surface area (TPSA) is 106 Å². The SMILES string of the molecule is CC(C)NC(=O)c1cc(Br)cnc1NC(=S)OC(N)=O. The van der Waals surface area contributed by atoms with Crippen LogP contribution in [-0.2, 0) is 4.74 Å². The smallest absolute Gasteiger partial charge is 0.383 e. The minimum Gasteiger partial charge on any atom is -0.383 e. The first-order chi connectivity index (χ1) is 9.29. The molecule has 0 fully saturated rings. The van der Waals surface area contributed by atoms with Crippen molar-refractivity contribution in [2.24, 2.45) is 5.73 Å². The van der Waals surface area contributed by atoms with Crippen LogP contribution in [0.2, 0.25) is 0 Å². The predicted molar refractivity (Wildman–Crippen MR) is 81.4 cm³/mol. The van der Waals surface area contributed by atoms with Gasteiger partial charge in [-0.3, -0.25) is 4.79 Å². The quantitative estimate of drug-likeness (QED) is 0.709. The third-order valence-corrected chi connectivity index (χ3v) is 2.55. The number of hydrogen-bond acceptors (Lipinski definition) is 5. The van der Waals surface area contributed by atoms with Gasteiger partial charge in [0.15, 0.2) is 0 Å². The Morgan fingerprint density at radius 3 is 2.70 bits per heavy atom. The van der Waals surface area contributed by atoms with Gasteiger partial charge in [-0.2, -0.15) is 0 Å². The van der Waals surface area contributed by atoms with E-state index in [1.807, 2.05) is 13.8 Å². The summed E-state index contributed by atoms with van der Waals surface area (Å²) >= 11 is 7.99. The zero-order chi connectivity index (χ0) is 15.3. The molecule has 0 aliphatic rings. The number of nitrogens with zero attached hydrogens (tertiary/aromatic N) is 1. The molecule has 20 heavy (non-hydrogen) atoms. The second-order valence-corrected chi connectivity index (χ2v) is 5.30. The number of carbonyl (C=O) groups excluding carboxylic acids is 2. The number of nitrogens with two attached hydrogens (primary N) is 1. The fourth-order valence-electron chi connectivity index (χ4n) is 1.27. The van der Waals surface area contributed by atoms with E-state index in [4.69, 9.17) is 18.0 Å². The van der Waals surface area contributed by atoms with E-state index in [-0.39, 0.29) is 28.5 Å². The summed E-state index contributed by atoms with van der Waals surface area (Å²) in [5.41, 5.74) is 5.09. The molecule has 0 aromatic carbocycles. The molecule has 0 saturated heterocycles. The minimum atomic E-state index is -1.05. The molecule has 0 unspecified atom stereocenters. The van der Waals surface area contributed by atoms with Gasteiger partial charge in [0.05, 0.1) is 5.56 Å². The number of amides is 2. The first-order valence-electron chi connectivity index (χ1n) is 5.54. The summed E-state index contributed by atoms with van der Waals surface area (Å²) in [6, 6.07) is 1.53. The average molecular weight is 361 g/mol. The molecule has 0 atom stereocenters. The van der Waals surface area contributed by atoms with Crippen LogP contribution >= 0.6 is 28.1 Å². The molecule has 0 bridgehead atoms. The second-order valence-electron chi connectivity index (χ2n) is 4.01. The Bertz CT molecular complexity index is 550. The van der Waals surface area contributed by atoms with Crippen molar-refractivity contribution in [3.05, 3.63) is 22.3 Å². The van der Waals surface area contributed by atoms with Crippen LogP contribution < -0.4 is 16.4 Å². The number of hydrogen-bond donors (Lipinski definition) is 3. The van der Waals surface area contributed by atoms with Gasteiger partial charge in [-0.25, -0.2) is 9.78 Å². The number of halogens is 1. The molecule has 0 spiro atoms. The molecule has 4 N–H and O–H groups in total. The van der Waals surface area contributed by atoms with Crippen LogP contribution in [-0.4, -0.2) is 28.2 Å². The molecule has 1 aromatic heterocycles. The van der Waals surface area contributed by atoms with Crippen molar-refractivity contribution in [1.29, 1.82) is 0 Å². The fourth-order valence-corrected chi connectivity index (χ4v) is 1.78. The zero-order valence-electron chi connectivity index (χ0n) is 10.8. The third-order valence-electron chi connectivity index (χ3n) is 1.93. The summed E-state index contributed by atoms with van der Waals surface area (Å²) in [6.07, 6.45) is 0.425. The highest BCUT2D eigenvalue weighted by molar-refractivity contribution is 9.10. The third kappa shape index (κ3) is 5.10. The van der Waals surface area contributed by atoms with Crippen LogP contribution in [0.1, 0.15) is 24.2 Å². The number of rotatable bonds is 3. The Hall–Kier alpha value is -1.74. The van der Waals surface area contributed by atoms with Crippen molar-refractivity contribution in [2.45, 2.75) is 19.9 Å². The molecule has 2 amide bonds. The summed E-state index contributed by atoms with van der Waals surface area (Å²) < 4.78 is 5.10. The highest BCUT2D eigenvalue weighted by Crippen LogP contribution is 2.18. The predicted octanol–water partition coefficient (Wildman–Crippen LogP) is 1.77. The molecule has 0 saturated carbocycles. The van der Waals surface area contributed by atoms with Crippen molar-refractivity contribution < 1.29 is 14.3 Å². The van der Waals surface area contributed by atoms with E-state index in [1.165, 1.54) is 6.20 Å². The Morgan fingerprint density at radius 2 is 2.15 bits per heavy atom. The molecule has 0 radical (unpaired) electrons. The number of thiocarbonyl (C=S) groups is 1.